The average Bonchev–Trinajstić information content (AvgIpc) is 2.61. The summed E-state index contributed by atoms with van der Waals surface area (Å²) < 4.78 is 10.6. The molecule has 144 valence electrons. The van der Waals surface area contributed by atoms with Crippen LogP contribution in [0, 0.1) is 12.8 Å². The highest BCUT2D eigenvalue weighted by Crippen LogP contribution is 2.25. The lowest BCUT2D eigenvalue weighted by Crippen LogP contribution is -2.48. The molecule has 2 aliphatic heterocycles. The van der Waals surface area contributed by atoms with Gasteiger partial charge in [0.2, 0.25) is 0 Å². The summed E-state index contributed by atoms with van der Waals surface area (Å²) in [5.41, 5.74) is 1.27. The standard InChI is InChI=1S/C20H31N3O3/c1-14-11-22(12-15(2)26-14)13-17-7-9-23(10-8-17)19-6-5-18(16(3)21-19)20(24)25-4/h5-6,14-15,17H,7-13H2,1-4H3. The molecule has 6 nitrogen and oxygen atoms in total. The molecule has 26 heavy (non-hydrogen) atoms. The number of ether oxygens (including phenoxy) is 2. The highest BCUT2D eigenvalue weighted by molar-refractivity contribution is 5.90. The number of morpholine rings is 1. The lowest BCUT2D eigenvalue weighted by molar-refractivity contribution is -0.0720. The van der Waals surface area contributed by atoms with E-state index < -0.39 is 0 Å². The van der Waals surface area contributed by atoms with Crippen LogP contribution < -0.4 is 4.90 Å². The minimum Gasteiger partial charge on any atom is -0.465 e. The van der Waals surface area contributed by atoms with Gasteiger partial charge in [-0.15, -0.1) is 0 Å². The zero-order valence-corrected chi connectivity index (χ0v) is 16.4. The Balaban J connectivity index is 1.53. The SMILES string of the molecule is COC(=O)c1ccc(N2CCC(CN3CC(C)OC(C)C3)CC2)nc1C. The average molecular weight is 361 g/mol. The maximum atomic E-state index is 11.7. The molecule has 0 spiro atoms. The molecule has 1 aromatic heterocycles. The summed E-state index contributed by atoms with van der Waals surface area (Å²) in [4.78, 5) is 21.2. The molecule has 0 aromatic carbocycles. The smallest absolute Gasteiger partial charge is 0.339 e. The molecule has 3 rings (SSSR count). The second-order valence-electron chi connectivity index (χ2n) is 7.70. The van der Waals surface area contributed by atoms with Crippen LogP contribution in [-0.2, 0) is 9.47 Å². The van der Waals surface area contributed by atoms with Gasteiger partial charge in [0, 0.05) is 32.7 Å². The molecule has 2 fully saturated rings. The third-order valence-electron chi connectivity index (χ3n) is 5.43. The zero-order valence-electron chi connectivity index (χ0n) is 16.4. The molecule has 1 aromatic rings. The minimum atomic E-state index is -0.325. The number of rotatable bonds is 4. The van der Waals surface area contributed by atoms with Gasteiger partial charge in [0.1, 0.15) is 5.82 Å². The van der Waals surface area contributed by atoms with Crippen LogP contribution in [0.4, 0.5) is 5.82 Å². The maximum Gasteiger partial charge on any atom is 0.339 e. The molecule has 2 atom stereocenters. The number of anilines is 1. The summed E-state index contributed by atoms with van der Waals surface area (Å²) in [5, 5.41) is 0. The second-order valence-corrected chi connectivity index (χ2v) is 7.70. The highest BCUT2D eigenvalue weighted by atomic mass is 16.5. The number of hydrogen-bond donors (Lipinski definition) is 0. The molecular formula is C20H31N3O3. The number of methoxy groups -OCH3 is 1. The summed E-state index contributed by atoms with van der Waals surface area (Å²) in [6, 6.07) is 3.76. The van der Waals surface area contributed by atoms with Gasteiger partial charge in [0.25, 0.3) is 0 Å². The van der Waals surface area contributed by atoms with E-state index in [9.17, 15) is 4.79 Å². The molecular weight excluding hydrogens is 330 g/mol. The van der Waals surface area contributed by atoms with E-state index in [-0.39, 0.29) is 5.97 Å². The molecule has 0 aliphatic carbocycles. The number of carbonyl (C=O) groups is 1. The van der Waals surface area contributed by atoms with Gasteiger partial charge in [0.15, 0.2) is 0 Å². The minimum absolute atomic E-state index is 0.325. The van der Waals surface area contributed by atoms with Gasteiger partial charge >= 0.3 is 5.97 Å². The molecule has 0 bridgehead atoms. The number of hydrogen-bond acceptors (Lipinski definition) is 6. The van der Waals surface area contributed by atoms with Gasteiger partial charge in [-0.3, -0.25) is 4.90 Å². The number of esters is 1. The van der Waals surface area contributed by atoms with Crippen LogP contribution in [0.1, 0.15) is 42.7 Å². The fraction of sp³-hybridized carbons (Fsp3) is 0.700. The Bertz CT molecular complexity index is 619. The summed E-state index contributed by atoms with van der Waals surface area (Å²) >= 11 is 0. The van der Waals surface area contributed by atoms with Crippen molar-refractivity contribution in [3.8, 4) is 0 Å². The van der Waals surface area contributed by atoms with Crippen LogP contribution in [0.15, 0.2) is 12.1 Å². The van der Waals surface area contributed by atoms with Crippen LogP contribution in [-0.4, -0.2) is 67.9 Å². The van der Waals surface area contributed by atoms with Crippen LogP contribution in [0.25, 0.3) is 0 Å². The predicted molar refractivity (Wildman–Crippen MR) is 102 cm³/mol. The first-order chi connectivity index (χ1) is 12.5. The second kappa shape index (κ2) is 8.35. The number of aryl methyl sites for hydroxylation is 1. The van der Waals surface area contributed by atoms with Crippen molar-refractivity contribution in [2.75, 3.05) is 44.7 Å². The lowest BCUT2D eigenvalue weighted by atomic mass is 9.95. The van der Waals surface area contributed by atoms with Crippen molar-refractivity contribution < 1.29 is 14.3 Å². The van der Waals surface area contributed by atoms with E-state index >= 15 is 0 Å². The Morgan fingerprint density at radius 1 is 1.23 bits per heavy atom. The zero-order chi connectivity index (χ0) is 18.7. The van der Waals surface area contributed by atoms with Gasteiger partial charge in [-0.1, -0.05) is 0 Å². The van der Waals surface area contributed by atoms with Crippen molar-refractivity contribution in [1.29, 1.82) is 0 Å². The summed E-state index contributed by atoms with van der Waals surface area (Å²) in [7, 11) is 1.40. The Morgan fingerprint density at radius 2 is 1.88 bits per heavy atom. The van der Waals surface area contributed by atoms with Crippen LogP contribution >= 0.6 is 0 Å². The summed E-state index contributed by atoms with van der Waals surface area (Å²) in [6.45, 7) is 11.5. The number of pyridine rings is 1. The Kier molecular flexibility index (Phi) is 6.14. The normalized spacial score (nSPS) is 25.3. The van der Waals surface area contributed by atoms with E-state index in [2.05, 4.69) is 28.6 Å². The number of nitrogens with zero attached hydrogens (tertiary/aromatic N) is 3. The Morgan fingerprint density at radius 3 is 2.46 bits per heavy atom. The van der Waals surface area contributed by atoms with Crippen molar-refractivity contribution in [2.45, 2.75) is 45.8 Å². The highest BCUT2D eigenvalue weighted by Gasteiger charge is 2.27. The van der Waals surface area contributed by atoms with Crippen LogP contribution in [0.5, 0.6) is 0 Å². The predicted octanol–water partition coefficient (Wildman–Crippen LogP) is 2.50. The largest absolute Gasteiger partial charge is 0.465 e. The first kappa shape index (κ1) is 19.1. The van der Waals surface area contributed by atoms with Crippen molar-refractivity contribution in [2.24, 2.45) is 5.92 Å². The van der Waals surface area contributed by atoms with Crippen LogP contribution in [0.3, 0.4) is 0 Å². The fourth-order valence-corrected chi connectivity index (χ4v) is 4.19. The number of aromatic nitrogens is 1. The van der Waals surface area contributed by atoms with E-state index in [1.165, 1.54) is 26.5 Å². The van der Waals surface area contributed by atoms with E-state index in [1.54, 1.807) is 0 Å². The van der Waals surface area contributed by atoms with E-state index in [1.807, 2.05) is 19.1 Å². The van der Waals surface area contributed by atoms with Crippen molar-refractivity contribution in [3.05, 3.63) is 23.4 Å². The quantitative estimate of drug-likeness (QED) is 0.768. The third-order valence-corrected chi connectivity index (χ3v) is 5.43. The van der Waals surface area contributed by atoms with Crippen molar-refractivity contribution >= 4 is 11.8 Å². The molecule has 2 saturated heterocycles. The van der Waals surface area contributed by atoms with Crippen molar-refractivity contribution in [1.82, 2.24) is 9.88 Å². The van der Waals surface area contributed by atoms with Crippen LogP contribution in [0.2, 0.25) is 0 Å². The molecule has 0 radical (unpaired) electrons. The Labute approximate surface area is 156 Å². The molecule has 0 amide bonds. The summed E-state index contributed by atoms with van der Waals surface area (Å²) in [6.07, 6.45) is 3.03. The first-order valence-corrected chi connectivity index (χ1v) is 9.65. The summed E-state index contributed by atoms with van der Waals surface area (Å²) in [5.74, 6) is 1.37. The molecule has 0 N–H and O–H groups in total. The van der Waals surface area contributed by atoms with E-state index in [4.69, 9.17) is 9.47 Å². The van der Waals surface area contributed by atoms with Gasteiger partial charge in [-0.05, 0) is 51.7 Å². The van der Waals surface area contributed by atoms with E-state index in [0.29, 0.717) is 17.8 Å². The van der Waals surface area contributed by atoms with Gasteiger partial charge < -0.3 is 14.4 Å². The first-order valence-electron chi connectivity index (χ1n) is 9.65. The van der Waals surface area contributed by atoms with Gasteiger partial charge in [-0.2, -0.15) is 0 Å². The Hall–Kier alpha value is -1.66. The van der Waals surface area contributed by atoms with Gasteiger partial charge in [-0.25, -0.2) is 9.78 Å². The third kappa shape index (κ3) is 4.54. The molecule has 2 aliphatic rings. The molecule has 2 unspecified atom stereocenters. The lowest BCUT2D eigenvalue weighted by Gasteiger charge is -2.39. The molecule has 3 heterocycles. The number of piperidine rings is 1. The molecule has 0 saturated carbocycles. The fourth-order valence-electron chi connectivity index (χ4n) is 4.19. The molecule has 6 heteroatoms. The van der Waals surface area contributed by atoms with Crippen molar-refractivity contribution in [3.63, 3.8) is 0 Å². The van der Waals surface area contributed by atoms with E-state index in [0.717, 1.165) is 43.6 Å². The number of carbonyl (C=O) groups excluding carboxylic acids is 1. The monoisotopic (exact) mass is 361 g/mol. The maximum absolute atomic E-state index is 11.7. The van der Waals surface area contributed by atoms with Gasteiger partial charge in [0.05, 0.1) is 30.6 Å². The topological polar surface area (TPSA) is 54.9 Å².